The Labute approximate surface area is 126 Å². The lowest BCUT2D eigenvalue weighted by molar-refractivity contribution is 0.0696. The summed E-state index contributed by atoms with van der Waals surface area (Å²) in [6.45, 7) is 1.76. The van der Waals surface area contributed by atoms with Gasteiger partial charge in [-0.3, -0.25) is 0 Å². The Balaban J connectivity index is 3.06. The molecule has 0 radical (unpaired) electrons. The van der Waals surface area contributed by atoms with Crippen molar-refractivity contribution in [2.75, 3.05) is 13.6 Å². The van der Waals surface area contributed by atoms with Gasteiger partial charge in [0.25, 0.3) is 0 Å². The van der Waals surface area contributed by atoms with Crippen LogP contribution in [0.2, 0.25) is 0 Å². The number of aromatic carboxylic acids is 1. The molecule has 1 atom stereocenters. The molecule has 20 heavy (non-hydrogen) atoms. The van der Waals surface area contributed by atoms with Gasteiger partial charge in [0, 0.05) is 18.1 Å². The van der Waals surface area contributed by atoms with Crippen molar-refractivity contribution in [1.82, 2.24) is 4.31 Å². The first-order valence-electron chi connectivity index (χ1n) is 5.83. The normalized spacial score (nSPS) is 13.4. The molecule has 0 fully saturated rings. The molecule has 8 heteroatoms. The Morgan fingerprint density at radius 3 is 2.50 bits per heavy atom. The van der Waals surface area contributed by atoms with Crippen molar-refractivity contribution in [2.45, 2.75) is 24.3 Å². The van der Waals surface area contributed by atoms with Crippen molar-refractivity contribution in [3.05, 3.63) is 28.2 Å². The van der Waals surface area contributed by atoms with Crippen LogP contribution in [0.4, 0.5) is 0 Å². The van der Waals surface area contributed by atoms with Gasteiger partial charge in [0.1, 0.15) is 0 Å². The first-order chi connectivity index (χ1) is 9.16. The molecule has 1 rings (SSSR count). The number of carboxylic acid groups (broad SMARTS) is 1. The Hall–Kier alpha value is -0.960. The van der Waals surface area contributed by atoms with Crippen LogP contribution in [0.15, 0.2) is 27.6 Å². The largest absolute Gasteiger partial charge is 0.478 e. The third-order valence-electron chi connectivity index (χ3n) is 2.73. The summed E-state index contributed by atoms with van der Waals surface area (Å²) in [6.07, 6.45) is -0.272. The maximum atomic E-state index is 12.3. The van der Waals surface area contributed by atoms with Crippen LogP contribution in [-0.4, -0.2) is 48.6 Å². The van der Waals surface area contributed by atoms with Crippen LogP contribution >= 0.6 is 15.9 Å². The molecule has 0 spiro atoms. The van der Waals surface area contributed by atoms with Gasteiger partial charge < -0.3 is 10.2 Å². The average Bonchev–Trinajstić information content (AvgIpc) is 2.35. The molecule has 2 N–H and O–H groups in total. The van der Waals surface area contributed by atoms with E-state index < -0.39 is 22.1 Å². The minimum atomic E-state index is -3.73. The van der Waals surface area contributed by atoms with Gasteiger partial charge in [0.05, 0.1) is 16.6 Å². The van der Waals surface area contributed by atoms with Crippen LogP contribution in [0.5, 0.6) is 0 Å². The van der Waals surface area contributed by atoms with Crippen LogP contribution in [0, 0.1) is 0 Å². The molecule has 0 aliphatic heterocycles. The maximum absolute atomic E-state index is 12.3. The van der Waals surface area contributed by atoms with Gasteiger partial charge in [-0.25, -0.2) is 17.5 Å². The molecule has 0 heterocycles. The third kappa shape index (κ3) is 4.02. The van der Waals surface area contributed by atoms with Crippen LogP contribution in [-0.2, 0) is 10.0 Å². The van der Waals surface area contributed by atoms with Crippen LogP contribution in [0.1, 0.15) is 23.7 Å². The zero-order chi connectivity index (χ0) is 15.5. The average molecular weight is 366 g/mol. The highest BCUT2D eigenvalue weighted by Crippen LogP contribution is 2.26. The molecule has 0 saturated heterocycles. The van der Waals surface area contributed by atoms with Gasteiger partial charge in [-0.15, -0.1) is 0 Å². The predicted molar refractivity (Wildman–Crippen MR) is 77.2 cm³/mol. The summed E-state index contributed by atoms with van der Waals surface area (Å²) in [6, 6.07) is 3.74. The second-order valence-corrected chi connectivity index (χ2v) is 7.28. The molecule has 112 valence electrons. The lowest BCUT2D eigenvalue weighted by Gasteiger charge is -2.18. The van der Waals surface area contributed by atoms with E-state index >= 15 is 0 Å². The summed E-state index contributed by atoms with van der Waals surface area (Å²) in [7, 11) is -2.31. The molecule has 1 aromatic carbocycles. The van der Waals surface area contributed by atoms with Gasteiger partial charge in [-0.2, -0.15) is 0 Å². The quantitative estimate of drug-likeness (QED) is 0.796. The second kappa shape index (κ2) is 6.66. The van der Waals surface area contributed by atoms with E-state index in [9.17, 15) is 18.3 Å². The summed E-state index contributed by atoms with van der Waals surface area (Å²) in [5.41, 5.74) is 0.00228. The topological polar surface area (TPSA) is 94.9 Å². The first kappa shape index (κ1) is 17.1. The molecular formula is C12H16BrNO5S. The molecule has 0 aliphatic rings. The monoisotopic (exact) mass is 365 g/mol. The van der Waals surface area contributed by atoms with Gasteiger partial charge >= 0.3 is 5.97 Å². The van der Waals surface area contributed by atoms with Crippen molar-refractivity contribution in [2.24, 2.45) is 0 Å². The fraction of sp³-hybridized carbons (Fsp3) is 0.417. The van der Waals surface area contributed by atoms with E-state index in [4.69, 9.17) is 5.11 Å². The van der Waals surface area contributed by atoms with Gasteiger partial charge in [0.15, 0.2) is 0 Å². The van der Waals surface area contributed by atoms with Crippen molar-refractivity contribution in [3.8, 4) is 0 Å². The van der Waals surface area contributed by atoms with E-state index in [1.54, 1.807) is 6.92 Å². The number of nitrogens with zero attached hydrogens (tertiary/aromatic N) is 1. The van der Waals surface area contributed by atoms with Crippen LogP contribution in [0.3, 0.4) is 0 Å². The number of rotatable bonds is 6. The van der Waals surface area contributed by atoms with Crippen LogP contribution < -0.4 is 0 Å². The van der Waals surface area contributed by atoms with Crippen molar-refractivity contribution >= 4 is 31.9 Å². The van der Waals surface area contributed by atoms with Crippen molar-refractivity contribution in [3.63, 3.8) is 0 Å². The lowest BCUT2D eigenvalue weighted by Crippen LogP contribution is -2.29. The predicted octanol–water partition coefficient (Wildman–Crippen LogP) is 1.54. The number of hydrogen-bond donors (Lipinski definition) is 2. The SMILES string of the molecule is CC(O)CCN(C)S(=O)(=O)c1ccc(C(=O)O)cc1Br. The Morgan fingerprint density at radius 2 is 2.05 bits per heavy atom. The highest BCUT2D eigenvalue weighted by atomic mass is 79.9. The van der Waals surface area contributed by atoms with E-state index in [1.165, 1.54) is 25.2 Å². The number of carboxylic acids is 1. The number of carbonyl (C=O) groups is 1. The summed E-state index contributed by atoms with van der Waals surface area (Å²) in [5, 5.41) is 18.0. The minimum absolute atomic E-state index is 0.00228. The standard InChI is InChI=1S/C12H16BrNO5S/c1-8(15)5-6-14(2)20(18,19)11-4-3-9(12(16)17)7-10(11)13/h3-4,7-8,15H,5-6H2,1-2H3,(H,16,17). The summed E-state index contributed by atoms with van der Waals surface area (Å²) in [4.78, 5) is 10.8. The van der Waals surface area contributed by atoms with Gasteiger partial charge in [0.2, 0.25) is 10.0 Å². The van der Waals surface area contributed by atoms with Crippen molar-refractivity contribution in [1.29, 1.82) is 0 Å². The highest BCUT2D eigenvalue weighted by molar-refractivity contribution is 9.10. The summed E-state index contributed by atoms with van der Waals surface area (Å²) < 4.78 is 25.9. The Bertz CT molecular complexity index is 600. The van der Waals surface area contributed by atoms with Crippen LogP contribution in [0.25, 0.3) is 0 Å². The number of halogens is 1. The molecule has 0 aliphatic carbocycles. The number of aliphatic hydroxyl groups is 1. The van der Waals surface area contributed by atoms with E-state index in [1.807, 2.05) is 0 Å². The van der Waals surface area contributed by atoms with Gasteiger partial charge in [-0.05, 0) is 47.5 Å². The molecule has 6 nitrogen and oxygen atoms in total. The summed E-state index contributed by atoms with van der Waals surface area (Å²) >= 11 is 3.08. The molecule has 1 unspecified atom stereocenters. The smallest absolute Gasteiger partial charge is 0.335 e. The fourth-order valence-corrected chi connectivity index (χ4v) is 3.72. The molecule has 0 bridgehead atoms. The Kier molecular flexibility index (Phi) is 5.69. The fourth-order valence-electron chi connectivity index (χ4n) is 1.50. The number of aliphatic hydroxyl groups excluding tert-OH is 1. The zero-order valence-corrected chi connectivity index (χ0v) is 13.5. The van der Waals surface area contributed by atoms with E-state index in [0.29, 0.717) is 6.42 Å². The number of sulfonamides is 1. The first-order valence-corrected chi connectivity index (χ1v) is 8.07. The van der Waals surface area contributed by atoms with E-state index in [0.717, 1.165) is 4.31 Å². The minimum Gasteiger partial charge on any atom is -0.478 e. The Morgan fingerprint density at radius 1 is 1.45 bits per heavy atom. The third-order valence-corrected chi connectivity index (χ3v) is 5.56. The van der Waals surface area contributed by atoms with E-state index in [2.05, 4.69) is 15.9 Å². The van der Waals surface area contributed by atoms with Crippen molar-refractivity contribution < 1.29 is 23.4 Å². The molecule has 0 amide bonds. The van der Waals surface area contributed by atoms with E-state index in [-0.39, 0.29) is 21.5 Å². The molecule has 1 aromatic rings. The molecule has 0 aromatic heterocycles. The lowest BCUT2D eigenvalue weighted by atomic mass is 10.2. The van der Waals surface area contributed by atoms with Gasteiger partial charge in [-0.1, -0.05) is 0 Å². The molecular weight excluding hydrogens is 350 g/mol. The maximum Gasteiger partial charge on any atom is 0.335 e. The highest BCUT2D eigenvalue weighted by Gasteiger charge is 2.24. The number of benzene rings is 1. The summed E-state index contributed by atoms with van der Waals surface area (Å²) in [5.74, 6) is -1.13. The second-order valence-electron chi connectivity index (χ2n) is 4.41. The number of hydrogen-bond acceptors (Lipinski definition) is 4. The zero-order valence-electron chi connectivity index (χ0n) is 11.1. The molecule has 0 saturated carbocycles.